The first-order valence-corrected chi connectivity index (χ1v) is 4.87. The summed E-state index contributed by atoms with van der Waals surface area (Å²) in [5.74, 6) is -0.913. The van der Waals surface area contributed by atoms with Crippen molar-refractivity contribution < 1.29 is 19.8 Å². The molecule has 1 aromatic rings. The molecule has 1 aromatic carbocycles. The van der Waals surface area contributed by atoms with Gasteiger partial charge in [0.15, 0.2) is 0 Å². The number of carbonyl (C=O) groups is 2. The number of rotatable bonds is 4. The smallest absolute Gasteiger partial charge is 0.304 e. The van der Waals surface area contributed by atoms with Crippen molar-refractivity contribution in [3.63, 3.8) is 0 Å². The fraction of sp³-hybridized carbons (Fsp3) is 0.333. The van der Waals surface area contributed by atoms with Crippen LogP contribution in [0.2, 0.25) is 0 Å². The number of phenolic OH excluding ortho intramolecular Hbond substituents is 1. The minimum atomic E-state index is -0.940. The van der Waals surface area contributed by atoms with E-state index in [1.807, 2.05) is 0 Å². The molecule has 86 valence electrons. The summed E-state index contributed by atoms with van der Waals surface area (Å²) in [5.41, 5.74) is 0.259. The van der Waals surface area contributed by atoms with Crippen LogP contribution >= 0.6 is 0 Å². The summed E-state index contributed by atoms with van der Waals surface area (Å²) < 4.78 is 0. The SMILES string of the molecule is CC(C)(CC(=O)O)c1cc(O)ccc1C=O. The molecular formula is C12H14O4. The fourth-order valence-corrected chi connectivity index (χ4v) is 1.71. The van der Waals surface area contributed by atoms with E-state index in [9.17, 15) is 14.7 Å². The van der Waals surface area contributed by atoms with Crippen molar-refractivity contribution in [1.29, 1.82) is 0 Å². The van der Waals surface area contributed by atoms with E-state index in [0.29, 0.717) is 17.4 Å². The monoisotopic (exact) mass is 222 g/mol. The standard InChI is InChI=1S/C12H14O4/c1-12(2,6-11(15)16)10-5-9(14)4-3-8(10)7-13/h3-5,7,14H,6H2,1-2H3,(H,15,16). The molecule has 0 amide bonds. The van der Waals surface area contributed by atoms with Crippen molar-refractivity contribution >= 4 is 12.3 Å². The van der Waals surface area contributed by atoms with Gasteiger partial charge in [-0.2, -0.15) is 0 Å². The summed E-state index contributed by atoms with van der Waals surface area (Å²) in [5, 5.41) is 18.2. The van der Waals surface area contributed by atoms with E-state index in [4.69, 9.17) is 5.11 Å². The van der Waals surface area contributed by atoms with Gasteiger partial charge in [-0.1, -0.05) is 13.8 Å². The number of aliphatic carboxylic acids is 1. The van der Waals surface area contributed by atoms with Crippen LogP contribution in [0.15, 0.2) is 18.2 Å². The van der Waals surface area contributed by atoms with Crippen molar-refractivity contribution in [2.24, 2.45) is 0 Å². The fourth-order valence-electron chi connectivity index (χ4n) is 1.71. The Labute approximate surface area is 93.5 Å². The quantitative estimate of drug-likeness (QED) is 0.763. The molecule has 0 aliphatic heterocycles. The largest absolute Gasteiger partial charge is 0.508 e. The number of carboxylic acid groups (broad SMARTS) is 1. The Bertz CT molecular complexity index is 421. The molecule has 0 heterocycles. The van der Waals surface area contributed by atoms with Crippen LogP contribution in [-0.4, -0.2) is 22.5 Å². The molecule has 0 fully saturated rings. The van der Waals surface area contributed by atoms with Gasteiger partial charge in [-0.15, -0.1) is 0 Å². The topological polar surface area (TPSA) is 74.6 Å². The van der Waals surface area contributed by atoms with Gasteiger partial charge in [0.25, 0.3) is 0 Å². The molecule has 0 saturated heterocycles. The van der Waals surface area contributed by atoms with E-state index < -0.39 is 11.4 Å². The van der Waals surface area contributed by atoms with Crippen LogP contribution in [0.5, 0.6) is 5.75 Å². The maximum atomic E-state index is 10.8. The minimum absolute atomic E-state index is 0.0269. The number of benzene rings is 1. The molecule has 0 unspecified atom stereocenters. The highest BCUT2D eigenvalue weighted by atomic mass is 16.4. The predicted octanol–water partition coefficient (Wildman–Crippen LogP) is 1.96. The lowest BCUT2D eigenvalue weighted by Crippen LogP contribution is -2.23. The minimum Gasteiger partial charge on any atom is -0.508 e. The van der Waals surface area contributed by atoms with Crippen molar-refractivity contribution in [1.82, 2.24) is 0 Å². The molecular weight excluding hydrogens is 208 g/mol. The molecule has 2 N–H and O–H groups in total. The zero-order chi connectivity index (χ0) is 12.3. The van der Waals surface area contributed by atoms with Gasteiger partial charge >= 0.3 is 5.97 Å². The summed E-state index contributed by atoms with van der Waals surface area (Å²) in [4.78, 5) is 21.6. The Balaban J connectivity index is 3.24. The Hall–Kier alpha value is -1.84. The zero-order valence-electron chi connectivity index (χ0n) is 9.23. The molecule has 16 heavy (non-hydrogen) atoms. The van der Waals surface area contributed by atoms with E-state index in [2.05, 4.69) is 0 Å². The average Bonchev–Trinajstić information content (AvgIpc) is 2.15. The van der Waals surface area contributed by atoms with Crippen LogP contribution in [0.4, 0.5) is 0 Å². The lowest BCUT2D eigenvalue weighted by Gasteiger charge is -2.24. The van der Waals surface area contributed by atoms with Crippen LogP contribution < -0.4 is 0 Å². The summed E-state index contributed by atoms with van der Waals surface area (Å²) >= 11 is 0. The number of aromatic hydroxyl groups is 1. The number of hydrogen-bond donors (Lipinski definition) is 2. The Kier molecular flexibility index (Phi) is 3.32. The highest BCUT2D eigenvalue weighted by molar-refractivity contribution is 5.79. The van der Waals surface area contributed by atoms with E-state index in [1.165, 1.54) is 18.2 Å². The van der Waals surface area contributed by atoms with Crippen molar-refractivity contribution in [3.8, 4) is 5.75 Å². The Morgan fingerprint density at radius 3 is 2.56 bits per heavy atom. The third-order valence-corrected chi connectivity index (χ3v) is 2.49. The van der Waals surface area contributed by atoms with E-state index >= 15 is 0 Å². The summed E-state index contributed by atoms with van der Waals surface area (Å²) in [6, 6.07) is 4.33. The van der Waals surface area contributed by atoms with E-state index in [1.54, 1.807) is 13.8 Å². The van der Waals surface area contributed by atoms with Crippen LogP contribution in [0.25, 0.3) is 0 Å². The normalized spacial score (nSPS) is 11.1. The maximum absolute atomic E-state index is 10.8. The maximum Gasteiger partial charge on any atom is 0.304 e. The lowest BCUT2D eigenvalue weighted by molar-refractivity contribution is -0.138. The van der Waals surface area contributed by atoms with Crippen LogP contribution in [0, 0.1) is 0 Å². The number of aldehydes is 1. The number of carboxylic acids is 1. The van der Waals surface area contributed by atoms with Crippen LogP contribution in [0.3, 0.4) is 0 Å². The number of carbonyl (C=O) groups excluding carboxylic acids is 1. The van der Waals surface area contributed by atoms with Crippen LogP contribution in [0.1, 0.15) is 36.2 Å². The summed E-state index contributed by atoms with van der Waals surface area (Å²) in [6.45, 7) is 3.45. The first-order valence-electron chi connectivity index (χ1n) is 4.87. The van der Waals surface area contributed by atoms with Gasteiger partial charge in [0.05, 0.1) is 6.42 Å². The van der Waals surface area contributed by atoms with E-state index in [0.717, 1.165) is 0 Å². The number of phenols is 1. The number of hydrogen-bond acceptors (Lipinski definition) is 3. The molecule has 0 atom stereocenters. The molecule has 4 nitrogen and oxygen atoms in total. The molecule has 0 aliphatic rings. The Morgan fingerprint density at radius 1 is 1.44 bits per heavy atom. The van der Waals surface area contributed by atoms with Crippen molar-refractivity contribution in [2.75, 3.05) is 0 Å². The second-order valence-corrected chi connectivity index (χ2v) is 4.34. The average molecular weight is 222 g/mol. The van der Waals surface area contributed by atoms with Gasteiger partial charge in [-0.25, -0.2) is 0 Å². The molecule has 0 saturated carbocycles. The van der Waals surface area contributed by atoms with Gasteiger partial charge in [0.1, 0.15) is 12.0 Å². The van der Waals surface area contributed by atoms with Crippen molar-refractivity contribution in [2.45, 2.75) is 25.7 Å². The highest BCUT2D eigenvalue weighted by Gasteiger charge is 2.26. The van der Waals surface area contributed by atoms with Gasteiger partial charge in [-0.05, 0) is 23.8 Å². The molecule has 4 heteroatoms. The second kappa shape index (κ2) is 4.35. The van der Waals surface area contributed by atoms with Gasteiger partial charge in [0, 0.05) is 11.0 Å². The van der Waals surface area contributed by atoms with Gasteiger partial charge in [-0.3, -0.25) is 9.59 Å². The van der Waals surface area contributed by atoms with Crippen molar-refractivity contribution in [3.05, 3.63) is 29.3 Å². The van der Waals surface area contributed by atoms with Crippen LogP contribution in [-0.2, 0) is 10.2 Å². The summed E-state index contributed by atoms with van der Waals surface area (Å²) in [6.07, 6.45) is 0.565. The molecule has 0 spiro atoms. The first kappa shape index (κ1) is 12.2. The summed E-state index contributed by atoms with van der Waals surface area (Å²) in [7, 11) is 0. The third kappa shape index (κ3) is 2.59. The third-order valence-electron chi connectivity index (χ3n) is 2.49. The van der Waals surface area contributed by atoms with E-state index in [-0.39, 0.29) is 12.2 Å². The first-order chi connectivity index (χ1) is 7.36. The molecule has 0 aliphatic carbocycles. The van der Waals surface area contributed by atoms with Gasteiger partial charge in [0.2, 0.25) is 0 Å². The second-order valence-electron chi connectivity index (χ2n) is 4.34. The molecule has 0 bridgehead atoms. The highest BCUT2D eigenvalue weighted by Crippen LogP contribution is 2.31. The Morgan fingerprint density at radius 2 is 2.06 bits per heavy atom. The molecule has 1 rings (SSSR count). The van der Waals surface area contributed by atoms with Gasteiger partial charge < -0.3 is 10.2 Å². The molecule has 0 aromatic heterocycles. The lowest BCUT2D eigenvalue weighted by atomic mass is 9.79. The zero-order valence-corrected chi connectivity index (χ0v) is 9.23. The molecule has 0 radical (unpaired) electrons. The predicted molar refractivity (Wildman–Crippen MR) is 58.8 cm³/mol.